The van der Waals surface area contributed by atoms with Gasteiger partial charge in [0.15, 0.2) is 0 Å². The lowest BCUT2D eigenvalue weighted by Gasteiger charge is -2.13. The van der Waals surface area contributed by atoms with Crippen molar-refractivity contribution in [3.05, 3.63) is 76.8 Å². The van der Waals surface area contributed by atoms with Crippen LogP contribution in [0.1, 0.15) is 22.3 Å². The number of hydrogen-bond acceptors (Lipinski definition) is 4. The first-order valence-corrected chi connectivity index (χ1v) is 11.3. The van der Waals surface area contributed by atoms with Gasteiger partial charge in [-0.2, -0.15) is 13.2 Å². The number of nitrogens with zero attached hydrogens (tertiary/aromatic N) is 1. The molecule has 1 saturated heterocycles. The van der Waals surface area contributed by atoms with Crippen LogP contribution >= 0.6 is 11.6 Å². The molecule has 0 radical (unpaired) electrons. The summed E-state index contributed by atoms with van der Waals surface area (Å²) in [6.45, 7) is 1.67. The highest BCUT2D eigenvalue weighted by molar-refractivity contribution is 6.30. The largest absolute Gasteiger partial charge is 0.489 e. The van der Waals surface area contributed by atoms with Gasteiger partial charge in [0.2, 0.25) is 0 Å². The summed E-state index contributed by atoms with van der Waals surface area (Å²) in [5.41, 5.74) is 0.371. The first kappa shape index (κ1) is 23.2. The summed E-state index contributed by atoms with van der Waals surface area (Å²) >= 11 is 5.80. The summed E-state index contributed by atoms with van der Waals surface area (Å²) in [5.74, 6) is 0.185. The number of aromatic amines is 1. The second kappa shape index (κ2) is 9.24. The van der Waals surface area contributed by atoms with Crippen molar-refractivity contribution < 1.29 is 22.7 Å². The second-order valence-electron chi connectivity index (χ2n) is 8.19. The van der Waals surface area contributed by atoms with Gasteiger partial charge in [0.1, 0.15) is 23.2 Å². The topological polar surface area (TPSA) is 79.0 Å². The minimum absolute atomic E-state index is 0.00943. The van der Waals surface area contributed by atoms with E-state index < -0.39 is 17.6 Å². The van der Waals surface area contributed by atoms with Gasteiger partial charge in [-0.1, -0.05) is 23.7 Å². The van der Waals surface area contributed by atoms with Crippen molar-refractivity contribution >= 4 is 34.2 Å². The van der Waals surface area contributed by atoms with Gasteiger partial charge in [0.25, 0.3) is 5.91 Å². The van der Waals surface area contributed by atoms with E-state index in [-0.39, 0.29) is 33.6 Å². The Bertz CT molecular complexity index is 1400. The fourth-order valence-electron chi connectivity index (χ4n) is 4.07. The third-order valence-electron chi connectivity index (χ3n) is 5.71. The number of H-pyrrole nitrogens is 1. The first-order chi connectivity index (χ1) is 16.8. The van der Waals surface area contributed by atoms with Gasteiger partial charge < -0.3 is 20.4 Å². The molecule has 0 saturated carbocycles. The van der Waals surface area contributed by atoms with Gasteiger partial charge in [-0.25, -0.2) is 4.98 Å². The molecule has 1 amide bonds. The van der Waals surface area contributed by atoms with Crippen LogP contribution in [0.4, 0.5) is 18.9 Å². The maximum absolute atomic E-state index is 13.6. The smallest absolute Gasteiger partial charge is 0.417 e. The van der Waals surface area contributed by atoms with E-state index in [1.54, 1.807) is 36.4 Å². The molecular formula is C25H20ClF3N4O2. The molecule has 10 heteroatoms. The molecule has 4 aromatic rings. The number of carbonyl (C=O) groups excluding carboxylic acids is 1. The molecule has 1 unspecified atom stereocenters. The molecule has 6 nitrogen and oxygen atoms in total. The molecular weight excluding hydrogens is 481 g/mol. The van der Waals surface area contributed by atoms with Gasteiger partial charge in [-0.05, 0) is 55.4 Å². The Morgan fingerprint density at radius 2 is 1.94 bits per heavy atom. The molecule has 180 valence electrons. The van der Waals surface area contributed by atoms with Crippen LogP contribution in [-0.4, -0.2) is 35.1 Å². The van der Waals surface area contributed by atoms with Crippen LogP contribution in [0.5, 0.6) is 5.75 Å². The Kier molecular flexibility index (Phi) is 6.12. The normalized spacial score (nSPS) is 15.9. The zero-order valence-corrected chi connectivity index (χ0v) is 19.0. The number of hydrogen-bond donors (Lipinski definition) is 3. The Hall–Kier alpha value is -3.56. The molecule has 1 fully saturated rings. The molecule has 1 atom stereocenters. The number of amides is 1. The van der Waals surface area contributed by atoms with Gasteiger partial charge in [0.05, 0.1) is 16.6 Å². The van der Waals surface area contributed by atoms with Gasteiger partial charge in [-0.15, -0.1) is 0 Å². The molecule has 2 heterocycles. The fourth-order valence-corrected chi connectivity index (χ4v) is 4.24. The Balaban J connectivity index is 1.44. The average Bonchev–Trinajstić information content (AvgIpc) is 3.48. The van der Waals surface area contributed by atoms with E-state index in [1.807, 2.05) is 6.07 Å². The molecule has 5 rings (SSSR count). The number of alkyl halides is 3. The van der Waals surface area contributed by atoms with Crippen molar-refractivity contribution in [2.75, 3.05) is 18.4 Å². The number of halogens is 4. The third kappa shape index (κ3) is 4.96. The molecule has 35 heavy (non-hydrogen) atoms. The number of rotatable bonds is 5. The third-order valence-corrected chi connectivity index (χ3v) is 5.94. The molecule has 1 aliphatic rings. The van der Waals surface area contributed by atoms with Crippen molar-refractivity contribution in [3.63, 3.8) is 0 Å². The van der Waals surface area contributed by atoms with Crippen LogP contribution in [0, 0.1) is 0 Å². The number of imidazole rings is 1. The van der Waals surface area contributed by atoms with Crippen molar-refractivity contribution in [1.82, 2.24) is 15.3 Å². The number of para-hydroxylation sites is 1. The van der Waals surface area contributed by atoms with Crippen LogP contribution in [0.2, 0.25) is 5.02 Å². The van der Waals surface area contributed by atoms with E-state index in [0.717, 1.165) is 25.6 Å². The standard InChI is InChI=1S/C25H20ClF3N4O2/c26-14-7-8-18(20(11-14)25(27,28)29)23-32-21-6-2-5-19(22(21)33-23)24(34)31-15-3-1-4-16(12-15)35-17-9-10-30-13-17/h1-8,11-12,17,30H,9-10,13H2,(H,31,34)(H,32,33). The molecule has 3 N–H and O–H groups in total. The summed E-state index contributed by atoms with van der Waals surface area (Å²) in [6.07, 6.45) is -3.64. The number of ether oxygens (including phenoxy) is 1. The van der Waals surface area contributed by atoms with Crippen LogP contribution in [0.15, 0.2) is 60.7 Å². The molecule has 3 aromatic carbocycles. The lowest BCUT2D eigenvalue weighted by atomic mass is 10.1. The highest BCUT2D eigenvalue weighted by atomic mass is 35.5. The number of aromatic nitrogens is 2. The minimum atomic E-state index is -4.62. The summed E-state index contributed by atoms with van der Waals surface area (Å²) in [5, 5.41) is 6.02. The highest BCUT2D eigenvalue weighted by Gasteiger charge is 2.35. The van der Waals surface area contributed by atoms with E-state index in [1.165, 1.54) is 12.1 Å². The Morgan fingerprint density at radius 3 is 2.71 bits per heavy atom. The van der Waals surface area contributed by atoms with Gasteiger partial charge >= 0.3 is 6.18 Å². The molecule has 0 spiro atoms. The maximum atomic E-state index is 13.6. The average molecular weight is 501 g/mol. The fraction of sp³-hybridized carbons (Fsp3) is 0.200. The van der Waals surface area contributed by atoms with Gasteiger partial charge in [-0.3, -0.25) is 4.79 Å². The van der Waals surface area contributed by atoms with Crippen molar-refractivity contribution in [2.45, 2.75) is 18.7 Å². The number of fused-ring (bicyclic) bond motifs is 1. The van der Waals surface area contributed by atoms with Crippen molar-refractivity contribution in [1.29, 1.82) is 0 Å². The zero-order valence-electron chi connectivity index (χ0n) is 18.2. The Morgan fingerprint density at radius 1 is 1.11 bits per heavy atom. The molecule has 0 aliphatic carbocycles. The number of anilines is 1. The quantitative estimate of drug-likeness (QED) is 0.319. The van der Waals surface area contributed by atoms with E-state index in [2.05, 4.69) is 20.6 Å². The monoisotopic (exact) mass is 500 g/mol. The van der Waals surface area contributed by atoms with Crippen LogP contribution < -0.4 is 15.4 Å². The van der Waals surface area contributed by atoms with E-state index in [9.17, 15) is 18.0 Å². The van der Waals surface area contributed by atoms with Crippen molar-refractivity contribution in [3.8, 4) is 17.1 Å². The predicted molar refractivity (Wildman–Crippen MR) is 128 cm³/mol. The molecule has 1 aliphatic heterocycles. The first-order valence-electron chi connectivity index (χ1n) is 10.9. The summed E-state index contributed by atoms with van der Waals surface area (Å²) in [4.78, 5) is 20.3. The minimum Gasteiger partial charge on any atom is -0.489 e. The van der Waals surface area contributed by atoms with Crippen LogP contribution in [0.25, 0.3) is 22.4 Å². The summed E-state index contributed by atoms with van der Waals surface area (Å²) in [7, 11) is 0. The highest BCUT2D eigenvalue weighted by Crippen LogP contribution is 2.38. The van der Waals surface area contributed by atoms with E-state index in [0.29, 0.717) is 17.0 Å². The Labute approximate surface area is 203 Å². The summed E-state index contributed by atoms with van der Waals surface area (Å²) < 4.78 is 46.7. The number of nitrogens with one attached hydrogen (secondary N) is 3. The molecule has 0 bridgehead atoms. The lowest BCUT2D eigenvalue weighted by molar-refractivity contribution is -0.137. The maximum Gasteiger partial charge on any atom is 0.417 e. The number of benzene rings is 3. The van der Waals surface area contributed by atoms with E-state index >= 15 is 0 Å². The zero-order chi connectivity index (χ0) is 24.6. The predicted octanol–water partition coefficient (Wildman–Crippen LogP) is 5.90. The lowest BCUT2D eigenvalue weighted by Crippen LogP contribution is -2.19. The van der Waals surface area contributed by atoms with Gasteiger partial charge in [0, 0.05) is 28.9 Å². The number of carbonyl (C=O) groups is 1. The van der Waals surface area contributed by atoms with Crippen LogP contribution in [0.3, 0.4) is 0 Å². The second-order valence-corrected chi connectivity index (χ2v) is 8.63. The van der Waals surface area contributed by atoms with Crippen molar-refractivity contribution in [2.24, 2.45) is 0 Å². The summed E-state index contributed by atoms with van der Waals surface area (Å²) in [6, 6.07) is 15.4. The van der Waals surface area contributed by atoms with E-state index in [4.69, 9.17) is 16.3 Å². The SMILES string of the molecule is O=C(Nc1cccc(OC2CCNC2)c1)c1cccc2[nH]c(-c3ccc(Cl)cc3C(F)(F)F)nc12. The molecule has 1 aromatic heterocycles. The van der Waals surface area contributed by atoms with Crippen LogP contribution in [-0.2, 0) is 6.18 Å².